The first-order valence-corrected chi connectivity index (χ1v) is 7.15. The molecule has 1 atom stereocenters. The lowest BCUT2D eigenvalue weighted by atomic mass is 10.1. The topological polar surface area (TPSA) is 43.8 Å². The van der Waals surface area contributed by atoms with Crippen molar-refractivity contribution in [2.75, 3.05) is 5.73 Å². The monoisotopic (exact) mass is 255 g/mol. The summed E-state index contributed by atoms with van der Waals surface area (Å²) in [7, 11) is 0. The van der Waals surface area contributed by atoms with Crippen LogP contribution >= 0.6 is 0 Å². The normalized spacial score (nSPS) is 18.3. The van der Waals surface area contributed by atoms with Crippen molar-refractivity contribution in [3.63, 3.8) is 0 Å². The van der Waals surface area contributed by atoms with Crippen LogP contribution in [0.3, 0.4) is 0 Å². The number of hydrogen-bond acceptors (Lipinski definition) is 2. The molecule has 0 amide bonds. The number of rotatable bonds is 3. The van der Waals surface area contributed by atoms with Gasteiger partial charge in [-0.25, -0.2) is 4.98 Å². The number of nitrogens with zero attached hydrogens (tertiary/aromatic N) is 2. The van der Waals surface area contributed by atoms with Gasteiger partial charge in [-0.3, -0.25) is 0 Å². The average molecular weight is 255 g/mol. The molecule has 100 valence electrons. The number of nitrogen functional groups attached to an aromatic ring is 1. The van der Waals surface area contributed by atoms with Crippen LogP contribution in [0.2, 0.25) is 0 Å². The average Bonchev–Trinajstić information content (AvgIpc) is 2.76. The Hall–Kier alpha value is -1.77. The Kier molecular flexibility index (Phi) is 3.28. The van der Waals surface area contributed by atoms with Crippen molar-refractivity contribution in [2.24, 2.45) is 0 Å². The van der Waals surface area contributed by atoms with Crippen molar-refractivity contribution in [2.45, 2.75) is 45.1 Å². The number of aryl methyl sites for hydroxylation is 3. The molecule has 2 heterocycles. The predicted molar refractivity (Wildman–Crippen MR) is 78.1 cm³/mol. The van der Waals surface area contributed by atoms with E-state index in [1.54, 1.807) is 0 Å². The summed E-state index contributed by atoms with van der Waals surface area (Å²) < 4.78 is 2.24. The van der Waals surface area contributed by atoms with Gasteiger partial charge in [0.25, 0.3) is 0 Å². The van der Waals surface area contributed by atoms with E-state index in [0.29, 0.717) is 6.04 Å². The van der Waals surface area contributed by atoms with Crippen LogP contribution in [-0.2, 0) is 19.3 Å². The van der Waals surface area contributed by atoms with E-state index < -0.39 is 0 Å². The molecule has 0 fully saturated rings. The van der Waals surface area contributed by atoms with E-state index in [-0.39, 0.29) is 0 Å². The molecular formula is C16H21N3. The lowest BCUT2D eigenvalue weighted by molar-refractivity contribution is 0.430. The smallest absolute Gasteiger partial charge is 0.127 e. The molecule has 3 nitrogen and oxygen atoms in total. The summed E-state index contributed by atoms with van der Waals surface area (Å²) in [5, 5.41) is 0. The summed E-state index contributed by atoms with van der Waals surface area (Å²) in [6.07, 6.45) is 5.46. The van der Waals surface area contributed by atoms with Gasteiger partial charge in [-0.15, -0.1) is 0 Å². The van der Waals surface area contributed by atoms with E-state index in [1.165, 1.54) is 24.2 Å². The summed E-state index contributed by atoms with van der Waals surface area (Å²) in [6, 6.07) is 11.0. The highest BCUT2D eigenvalue weighted by Crippen LogP contribution is 2.29. The molecule has 0 saturated carbocycles. The molecule has 1 aromatic heterocycles. The third kappa shape index (κ3) is 2.37. The maximum atomic E-state index is 6.28. The number of nitrogens with two attached hydrogens (primary N) is 1. The predicted octanol–water partition coefficient (Wildman–Crippen LogP) is 3.15. The second-order valence-electron chi connectivity index (χ2n) is 5.46. The highest BCUT2D eigenvalue weighted by atomic mass is 15.2. The quantitative estimate of drug-likeness (QED) is 0.915. The van der Waals surface area contributed by atoms with E-state index in [1.807, 2.05) is 0 Å². The minimum absolute atomic E-state index is 0.502. The van der Waals surface area contributed by atoms with Crippen molar-refractivity contribution in [1.82, 2.24) is 9.55 Å². The van der Waals surface area contributed by atoms with Crippen molar-refractivity contribution in [3.8, 4) is 0 Å². The van der Waals surface area contributed by atoms with Crippen LogP contribution in [0.25, 0.3) is 0 Å². The molecule has 1 aliphatic rings. The fourth-order valence-electron chi connectivity index (χ4n) is 2.99. The fourth-order valence-corrected chi connectivity index (χ4v) is 2.99. The molecule has 0 bridgehead atoms. The third-order valence-electron chi connectivity index (χ3n) is 4.05. The molecule has 2 N–H and O–H groups in total. The number of anilines is 1. The number of aromatic nitrogens is 2. The Balaban J connectivity index is 1.79. The number of benzene rings is 1. The summed E-state index contributed by atoms with van der Waals surface area (Å²) in [5.41, 5.74) is 8.70. The van der Waals surface area contributed by atoms with Gasteiger partial charge in [-0.05, 0) is 38.2 Å². The van der Waals surface area contributed by atoms with E-state index in [4.69, 9.17) is 10.7 Å². The van der Waals surface area contributed by atoms with Crippen molar-refractivity contribution < 1.29 is 0 Å². The highest BCUT2D eigenvalue weighted by Gasteiger charge is 2.22. The van der Waals surface area contributed by atoms with Gasteiger partial charge in [0.05, 0.1) is 5.69 Å². The van der Waals surface area contributed by atoms with Crippen LogP contribution in [0.1, 0.15) is 42.9 Å². The first-order valence-electron chi connectivity index (χ1n) is 7.15. The van der Waals surface area contributed by atoms with E-state index >= 15 is 0 Å². The summed E-state index contributed by atoms with van der Waals surface area (Å²) in [6.45, 7) is 2.24. The van der Waals surface area contributed by atoms with Gasteiger partial charge in [0.1, 0.15) is 11.6 Å². The molecule has 3 heteroatoms. The van der Waals surface area contributed by atoms with Gasteiger partial charge in [0, 0.05) is 12.5 Å². The van der Waals surface area contributed by atoms with Gasteiger partial charge < -0.3 is 10.3 Å². The fraction of sp³-hybridized carbons (Fsp3) is 0.438. The first kappa shape index (κ1) is 12.3. The van der Waals surface area contributed by atoms with Gasteiger partial charge in [-0.1, -0.05) is 30.3 Å². The molecule has 0 radical (unpaired) electrons. The van der Waals surface area contributed by atoms with Gasteiger partial charge in [0.2, 0.25) is 0 Å². The van der Waals surface area contributed by atoms with Crippen molar-refractivity contribution >= 4 is 5.82 Å². The molecule has 2 aromatic rings. The van der Waals surface area contributed by atoms with Crippen LogP contribution in [-0.4, -0.2) is 9.55 Å². The molecule has 1 unspecified atom stereocenters. The molecule has 1 aliphatic heterocycles. The molecule has 0 aliphatic carbocycles. The molecular weight excluding hydrogens is 234 g/mol. The Morgan fingerprint density at radius 2 is 2.05 bits per heavy atom. The van der Waals surface area contributed by atoms with Crippen LogP contribution in [0, 0.1) is 0 Å². The summed E-state index contributed by atoms with van der Waals surface area (Å²) >= 11 is 0. The van der Waals surface area contributed by atoms with Crippen LogP contribution in [0.4, 0.5) is 5.82 Å². The molecule has 3 rings (SSSR count). The zero-order valence-corrected chi connectivity index (χ0v) is 11.5. The maximum Gasteiger partial charge on any atom is 0.127 e. The second-order valence-corrected chi connectivity index (χ2v) is 5.46. The third-order valence-corrected chi connectivity index (χ3v) is 4.05. The van der Waals surface area contributed by atoms with E-state index in [0.717, 1.165) is 30.8 Å². The lowest BCUT2D eigenvalue weighted by Crippen LogP contribution is -2.17. The Morgan fingerprint density at radius 3 is 2.79 bits per heavy atom. The maximum absolute atomic E-state index is 6.28. The Labute approximate surface area is 114 Å². The number of fused-ring (bicyclic) bond motifs is 1. The molecule has 19 heavy (non-hydrogen) atoms. The minimum atomic E-state index is 0.502. The summed E-state index contributed by atoms with van der Waals surface area (Å²) in [4.78, 5) is 4.75. The lowest BCUT2D eigenvalue weighted by Gasteiger charge is -2.22. The largest absolute Gasteiger partial charge is 0.384 e. The van der Waals surface area contributed by atoms with E-state index in [9.17, 15) is 0 Å². The molecule has 0 saturated heterocycles. The van der Waals surface area contributed by atoms with Gasteiger partial charge in [0.15, 0.2) is 0 Å². The summed E-state index contributed by atoms with van der Waals surface area (Å²) in [5.74, 6) is 2.07. The van der Waals surface area contributed by atoms with E-state index in [2.05, 4.69) is 41.8 Å². The Morgan fingerprint density at radius 1 is 1.26 bits per heavy atom. The second kappa shape index (κ2) is 5.08. The molecule has 1 aromatic carbocycles. The molecule has 0 spiro atoms. The zero-order chi connectivity index (χ0) is 13.2. The highest BCUT2D eigenvalue weighted by molar-refractivity contribution is 5.40. The van der Waals surface area contributed by atoms with Gasteiger partial charge >= 0.3 is 0 Å². The number of hydrogen-bond donors (Lipinski definition) is 1. The standard InChI is InChI=1S/C16H21N3/c1-12-6-5-9-15-18-14(16(17)19(12)15)11-10-13-7-3-2-4-8-13/h2-4,7-8,12H,5-6,9-11,17H2,1H3. The van der Waals surface area contributed by atoms with Gasteiger partial charge in [-0.2, -0.15) is 0 Å². The van der Waals surface area contributed by atoms with Crippen molar-refractivity contribution in [1.29, 1.82) is 0 Å². The SMILES string of the molecule is CC1CCCc2nc(CCc3ccccc3)c(N)n21. The van der Waals surface area contributed by atoms with Crippen LogP contribution < -0.4 is 5.73 Å². The Bertz CT molecular complexity index is 557. The minimum Gasteiger partial charge on any atom is -0.384 e. The van der Waals surface area contributed by atoms with Crippen LogP contribution in [0.15, 0.2) is 30.3 Å². The first-order chi connectivity index (χ1) is 9.25. The number of imidazole rings is 1. The van der Waals surface area contributed by atoms with Crippen LogP contribution in [0.5, 0.6) is 0 Å². The van der Waals surface area contributed by atoms with Crippen molar-refractivity contribution in [3.05, 3.63) is 47.4 Å². The zero-order valence-electron chi connectivity index (χ0n) is 11.5.